The van der Waals surface area contributed by atoms with Crippen molar-refractivity contribution in [3.63, 3.8) is 0 Å². The highest BCUT2D eigenvalue weighted by atomic mass is 16.5. The molecule has 0 saturated heterocycles. The number of methoxy groups -OCH3 is 1. The summed E-state index contributed by atoms with van der Waals surface area (Å²) in [5, 5.41) is 5.88. The fourth-order valence-electron chi connectivity index (χ4n) is 1.51. The molecule has 0 aromatic heterocycles. The molecule has 0 aliphatic carbocycles. The van der Waals surface area contributed by atoms with E-state index in [0.717, 1.165) is 11.3 Å². The van der Waals surface area contributed by atoms with Gasteiger partial charge in [-0.1, -0.05) is 18.2 Å². The second kappa shape index (κ2) is 7.50. The lowest BCUT2D eigenvalue weighted by molar-refractivity contribution is -0.121. The summed E-state index contributed by atoms with van der Waals surface area (Å²) >= 11 is 0. The molecule has 2 N–H and O–H groups in total. The molecule has 98 valence electrons. The number of rotatable bonds is 7. The SMILES string of the molecule is C=CCNC(=O)C(C)Nc1ccc(COC)cc1. The molecule has 4 nitrogen and oxygen atoms in total. The van der Waals surface area contributed by atoms with E-state index in [1.807, 2.05) is 31.2 Å². The van der Waals surface area contributed by atoms with Gasteiger partial charge in [0.2, 0.25) is 5.91 Å². The number of carbonyl (C=O) groups excluding carboxylic acids is 1. The Hall–Kier alpha value is -1.81. The Balaban J connectivity index is 2.50. The lowest BCUT2D eigenvalue weighted by atomic mass is 10.2. The summed E-state index contributed by atoms with van der Waals surface area (Å²) in [5.41, 5.74) is 2.02. The number of carbonyl (C=O) groups is 1. The van der Waals surface area contributed by atoms with Gasteiger partial charge in [0.25, 0.3) is 0 Å². The van der Waals surface area contributed by atoms with Crippen LogP contribution in [0.5, 0.6) is 0 Å². The maximum absolute atomic E-state index is 11.6. The summed E-state index contributed by atoms with van der Waals surface area (Å²) in [6.07, 6.45) is 1.66. The monoisotopic (exact) mass is 248 g/mol. The Morgan fingerprint density at radius 3 is 2.67 bits per heavy atom. The highest BCUT2D eigenvalue weighted by Gasteiger charge is 2.10. The minimum absolute atomic E-state index is 0.0455. The van der Waals surface area contributed by atoms with Gasteiger partial charge in [0, 0.05) is 19.3 Å². The average Bonchev–Trinajstić information content (AvgIpc) is 2.38. The smallest absolute Gasteiger partial charge is 0.242 e. The third kappa shape index (κ3) is 4.59. The van der Waals surface area contributed by atoms with Crippen molar-refractivity contribution in [2.45, 2.75) is 19.6 Å². The molecule has 1 aromatic carbocycles. The summed E-state index contributed by atoms with van der Waals surface area (Å²) in [6.45, 7) is 6.45. The fourth-order valence-corrected chi connectivity index (χ4v) is 1.51. The lowest BCUT2D eigenvalue weighted by Crippen LogP contribution is -2.37. The minimum atomic E-state index is -0.279. The van der Waals surface area contributed by atoms with Crippen molar-refractivity contribution in [2.24, 2.45) is 0 Å². The Bertz CT molecular complexity index is 387. The maximum Gasteiger partial charge on any atom is 0.242 e. The standard InChI is InChI=1S/C14H20N2O2/c1-4-9-15-14(17)11(2)16-13-7-5-12(6-8-13)10-18-3/h4-8,11,16H,1,9-10H2,2-3H3,(H,15,17). The molecule has 1 aromatic rings. The van der Waals surface area contributed by atoms with Gasteiger partial charge >= 0.3 is 0 Å². The molecular weight excluding hydrogens is 228 g/mol. The summed E-state index contributed by atoms with van der Waals surface area (Å²) < 4.78 is 5.04. The molecule has 0 aliphatic rings. The molecule has 0 aliphatic heterocycles. The van der Waals surface area contributed by atoms with Crippen LogP contribution < -0.4 is 10.6 Å². The average molecular weight is 248 g/mol. The Labute approximate surface area is 108 Å². The van der Waals surface area contributed by atoms with E-state index in [4.69, 9.17) is 4.74 Å². The second-order valence-electron chi connectivity index (χ2n) is 4.03. The molecule has 1 atom stereocenters. The number of benzene rings is 1. The molecule has 1 rings (SSSR count). The Morgan fingerprint density at radius 1 is 1.44 bits per heavy atom. The van der Waals surface area contributed by atoms with Crippen LogP contribution in [0.25, 0.3) is 0 Å². The number of hydrogen-bond donors (Lipinski definition) is 2. The van der Waals surface area contributed by atoms with Crippen molar-refractivity contribution < 1.29 is 9.53 Å². The number of ether oxygens (including phenoxy) is 1. The van der Waals surface area contributed by atoms with E-state index >= 15 is 0 Å². The van der Waals surface area contributed by atoms with E-state index in [2.05, 4.69) is 17.2 Å². The van der Waals surface area contributed by atoms with Crippen LogP contribution in [0.4, 0.5) is 5.69 Å². The van der Waals surface area contributed by atoms with Gasteiger partial charge in [-0.2, -0.15) is 0 Å². The van der Waals surface area contributed by atoms with Crippen LogP contribution in [-0.2, 0) is 16.1 Å². The van der Waals surface area contributed by atoms with E-state index in [9.17, 15) is 4.79 Å². The number of hydrogen-bond acceptors (Lipinski definition) is 3. The maximum atomic E-state index is 11.6. The highest BCUT2D eigenvalue weighted by Crippen LogP contribution is 2.11. The quantitative estimate of drug-likeness (QED) is 0.725. The van der Waals surface area contributed by atoms with Crippen molar-refractivity contribution in [2.75, 3.05) is 19.0 Å². The molecule has 1 amide bonds. The van der Waals surface area contributed by atoms with Crippen LogP contribution >= 0.6 is 0 Å². The van der Waals surface area contributed by atoms with Crippen molar-refractivity contribution in [3.8, 4) is 0 Å². The lowest BCUT2D eigenvalue weighted by Gasteiger charge is -2.14. The Kier molecular flexibility index (Phi) is 5.94. The third-order valence-corrected chi connectivity index (χ3v) is 2.46. The van der Waals surface area contributed by atoms with Crippen molar-refractivity contribution in [1.82, 2.24) is 5.32 Å². The third-order valence-electron chi connectivity index (χ3n) is 2.46. The van der Waals surface area contributed by atoms with Gasteiger partial charge in [0.15, 0.2) is 0 Å². The molecule has 0 saturated carbocycles. The molecule has 0 fully saturated rings. The molecule has 4 heteroatoms. The zero-order valence-electron chi connectivity index (χ0n) is 10.9. The van der Waals surface area contributed by atoms with Crippen LogP contribution in [0, 0.1) is 0 Å². The van der Waals surface area contributed by atoms with Gasteiger partial charge < -0.3 is 15.4 Å². The zero-order valence-corrected chi connectivity index (χ0v) is 10.9. The summed E-state index contributed by atoms with van der Waals surface area (Å²) in [7, 11) is 1.66. The first-order valence-electron chi connectivity index (χ1n) is 5.90. The van der Waals surface area contributed by atoms with Crippen molar-refractivity contribution >= 4 is 11.6 Å². The number of anilines is 1. The zero-order chi connectivity index (χ0) is 13.4. The van der Waals surface area contributed by atoms with Gasteiger partial charge in [0.1, 0.15) is 6.04 Å². The van der Waals surface area contributed by atoms with Crippen LogP contribution in [0.1, 0.15) is 12.5 Å². The number of amides is 1. The molecule has 0 radical (unpaired) electrons. The first-order valence-corrected chi connectivity index (χ1v) is 5.90. The second-order valence-corrected chi connectivity index (χ2v) is 4.03. The van der Waals surface area contributed by atoms with Gasteiger partial charge in [-0.15, -0.1) is 6.58 Å². The topological polar surface area (TPSA) is 50.4 Å². The van der Waals surface area contributed by atoms with Gasteiger partial charge in [0.05, 0.1) is 6.61 Å². The summed E-state index contributed by atoms with van der Waals surface area (Å²) in [6, 6.07) is 7.54. The van der Waals surface area contributed by atoms with Crippen LogP contribution in [0.15, 0.2) is 36.9 Å². The highest BCUT2D eigenvalue weighted by molar-refractivity contribution is 5.84. The molecular formula is C14H20N2O2. The van der Waals surface area contributed by atoms with E-state index in [1.54, 1.807) is 13.2 Å². The van der Waals surface area contributed by atoms with Crippen molar-refractivity contribution in [3.05, 3.63) is 42.5 Å². The number of nitrogens with one attached hydrogen (secondary N) is 2. The Morgan fingerprint density at radius 2 is 2.11 bits per heavy atom. The minimum Gasteiger partial charge on any atom is -0.380 e. The molecule has 1 unspecified atom stereocenters. The van der Waals surface area contributed by atoms with Gasteiger partial charge in [-0.05, 0) is 24.6 Å². The normalized spacial score (nSPS) is 11.7. The van der Waals surface area contributed by atoms with E-state index in [1.165, 1.54) is 0 Å². The largest absolute Gasteiger partial charge is 0.380 e. The van der Waals surface area contributed by atoms with E-state index < -0.39 is 0 Å². The molecule has 18 heavy (non-hydrogen) atoms. The van der Waals surface area contributed by atoms with Gasteiger partial charge in [-0.3, -0.25) is 4.79 Å². The fraction of sp³-hybridized carbons (Fsp3) is 0.357. The predicted molar refractivity (Wildman–Crippen MR) is 73.4 cm³/mol. The van der Waals surface area contributed by atoms with E-state index in [-0.39, 0.29) is 11.9 Å². The summed E-state index contributed by atoms with van der Waals surface area (Å²) in [5.74, 6) is -0.0455. The first-order chi connectivity index (χ1) is 8.67. The molecule has 0 heterocycles. The van der Waals surface area contributed by atoms with Crippen LogP contribution in [-0.4, -0.2) is 25.6 Å². The predicted octanol–water partition coefficient (Wildman–Crippen LogP) is 1.94. The summed E-state index contributed by atoms with van der Waals surface area (Å²) in [4.78, 5) is 11.6. The van der Waals surface area contributed by atoms with Crippen LogP contribution in [0.2, 0.25) is 0 Å². The molecule has 0 spiro atoms. The van der Waals surface area contributed by atoms with Crippen LogP contribution in [0.3, 0.4) is 0 Å². The van der Waals surface area contributed by atoms with Gasteiger partial charge in [-0.25, -0.2) is 0 Å². The molecule has 0 bridgehead atoms. The van der Waals surface area contributed by atoms with Crippen molar-refractivity contribution in [1.29, 1.82) is 0 Å². The first kappa shape index (κ1) is 14.3. The van der Waals surface area contributed by atoms with E-state index in [0.29, 0.717) is 13.2 Å².